The molecule has 8 aromatic rings. The standard InChI is InChI=1S/C52H46O2P2.2BrH/c1-53-44-35-33-41(34-36-44)52-42(39-55(46-21-9-3-10-22-46,47-23-11-4-12-24-47)48-25-13-5-14-26-48)37-45(54-2)38-43(52)40-56(49-27-15-6-16-28-49,50-29-17-7-18-30-50)51-31-19-8-20-32-51;;/h3-38H,39-40H2,1-2H3;2*1H/q+2;;/p-2. The molecule has 6 heteroatoms. The molecule has 8 rings (SSSR count). The quantitative estimate of drug-likeness (QED) is 0.160. The average Bonchev–Trinajstić information content (AvgIpc) is 3.29. The molecule has 0 unspecified atom stereocenters. The lowest BCUT2D eigenvalue weighted by molar-refractivity contribution is -0.001000. The maximum absolute atomic E-state index is 6.29. The fourth-order valence-electron chi connectivity index (χ4n) is 8.28. The number of ether oxygens (including phenoxy) is 2. The van der Waals surface area contributed by atoms with Crippen LogP contribution in [0.3, 0.4) is 0 Å². The van der Waals surface area contributed by atoms with E-state index >= 15 is 0 Å². The van der Waals surface area contributed by atoms with Crippen LogP contribution in [0.25, 0.3) is 11.1 Å². The van der Waals surface area contributed by atoms with E-state index in [1.807, 2.05) is 0 Å². The second kappa shape index (κ2) is 19.8. The smallest absolute Gasteiger partial charge is 0.119 e. The first-order chi connectivity index (χ1) is 27.7. The molecule has 0 spiro atoms. The van der Waals surface area contributed by atoms with E-state index in [0.717, 1.165) is 29.4 Å². The van der Waals surface area contributed by atoms with Gasteiger partial charge in [-0.25, -0.2) is 0 Å². The topological polar surface area (TPSA) is 18.5 Å². The van der Waals surface area contributed by atoms with Crippen LogP contribution in [-0.2, 0) is 12.3 Å². The van der Waals surface area contributed by atoms with Crippen molar-refractivity contribution in [2.24, 2.45) is 0 Å². The number of methoxy groups -OCH3 is 2. The molecule has 8 aromatic carbocycles. The van der Waals surface area contributed by atoms with Crippen molar-refractivity contribution < 1.29 is 43.4 Å². The number of rotatable bonds is 13. The summed E-state index contributed by atoms with van der Waals surface area (Å²) in [5.74, 6) is 1.71. The van der Waals surface area contributed by atoms with Gasteiger partial charge in [-0.3, -0.25) is 0 Å². The van der Waals surface area contributed by atoms with Gasteiger partial charge in [0.1, 0.15) is 57.9 Å². The van der Waals surface area contributed by atoms with E-state index in [-0.39, 0.29) is 34.0 Å². The van der Waals surface area contributed by atoms with Gasteiger partial charge in [-0.05, 0) is 108 Å². The molecule has 0 amide bonds. The van der Waals surface area contributed by atoms with Crippen molar-refractivity contribution in [3.8, 4) is 22.6 Å². The summed E-state index contributed by atoms with van der Waals surface area (Å²) in [6.45, 7) is 0. The number of hydrogen-bond acceptors (Lipinski definition) is 2. The molecule has 0 saturated carbocycles. The summed E-state index contributed by atoms with van der Waals surface area (Å²) in [7, 11) is -1.03. The van der Waals surface area contributed by atoms with Gasteiger partial charge in [0.2, 0.25) is 0 Å². The van der Waals surface area contributed by atoms with E-state index in [1.54, 1.807) is 14.2 Å². The molecule has 0 heterocycles. The molecule has 0 aliphatic rings. The third-order valence-corrected chi connectivity index (χ3v) is 19.6. The van der Waals surface area contributed by atoms with E-state index in [0.29, 0.717) is 0 Å². The first kappa shape index (κ1) is 42.8. The zero-order chi connectivity index (χ0) is 38.2. The predicted octanol–water partition coefficient (Wildman–Crippen LogP) is 4.37. The van der Waals surface area contributed by atoms with Crippen molar-refractivity contribution in [2.75, 3.05) is 14.2 Å². The van der Waals surface area contributed by atoms with Gasteiger partial charge in [0, 0.05) is 11.1 Å². The normalized spacial score (nSPS) is 11.1. The Morgan fingerprint density at radius 2 is 0.586 bits per heavy atom. The minimum Gasteiger partial charge on any atom is -1.00 e. The summed E-state index contributed by atoms with van der Waals surface area (Å²) in [6, 6.07) is 80.3. The van der Waals surface area contributed by atoms with E-state index in [1.165, 1.54) is 48.5 Å². The van der Waals surface area contributed by atoms with Crippen LogP contribution in [0.15, 0.2) is 218 Å². The van der Waals surface area contributed by atoms with Gasteiger partial charge in [-0.15, -0.1) is 0 Å². The second-order valence-corrected chi connectivity index (χ2v) is 21.0. The fraction of sp³-hybridized carbons (Fsp3) is 0.0769. The van der Waals surface area contributed by atoms with Gasteiger partial charge in [0.05, 0.1) is 26.5 Å². The molecule has 0 aliphatic heterocycles. The van der Waals surface area contributed by atoms with E-state index in [2.05, 4.69) is 218 Å². The van der Waals surface area contributed by atoms with Gasteiger partial charge in [-0.2, -0.15) is 0 Å². The lowest BCUT2D eigenvalue weighted by Crippen LogP contribution is -3.00. The van der Waals surface area contributed by atoms with Crippen LogP contribution < -0.4 is 75.3 Å². The van der Waals surface area contributed by atoms with Crippen LogP contribution in [0.4, 0.5) is 0 Å². The molecule has 0 saturated heterocycles. The maximum atomic E-state index is 6.29. The van der Waals surface area contributed by atoms with Gasteiger partial charge >= 0.3 is 0 Å². The predicted molar refractivity (Wildman–Crippen MR) is 243 cm³/mol. The summed E-state index contributed by atoms with van der Waals surface area (Å²) in [4.78, 5) is 0. The third kappa shape index (κ3) is 8.49. The monoisotopic (exact) mass is 922 g/mol. The minimum absolute atomic E-state index is 0. The summed E-state index contributed by atoms with van der Waals surface area (Å²) >= 11 is 0. The van der Waals surface area contributed by atoms with Crippen molar-refractivity contribution in [3.63, 3.8) is 0 Å². The molecule has 0 atom stereocenters. The SMILES string of the molecule is COc1ccc(-c2c(C[P+](c3ccccc3)(c3ccccc3)c3ccccc3)cc(OC)cc2C[P+](c2ccccc2)(c2ccccc2)c2ccccc2)cc1.[Br-].[Br-]. The number of halogens is 2. The molecule has 0 bridgehead atoms. The van der Waals surface area contributed by atoms with Crippen LogP contribution in [0.5, 0.6) is 11.5 Å². The van der Waals surface area contributed by atoms with Gasteiger partial charge in [0.15, 0.2) is 0 Å². The fourth-order valence-corrected chi connectivity index (χ4v) is 16.8. The summed E-state index contributed by atoms with van der Waals surface area (Å²) in [5, 5.41) is 8.10. The highest BCUT2D eigenvalue weighted by Gasteiger charge is 2.48. The van der Waals surface area contributed by atoms with Crippen LogP contribution in [-0.4, -0.2) is 14.2 Å². The van der Waals surface area contributed by atoms with Gasteiger partial charge < -0.3 is 43.4 Å². The lowest BCUT2D eigenvalue weighted by atomic mass is 9.95. The molecular formula is C52H46Br2O2P2. The maximum Gasteiger partial charge on any atom is 0.119 e. The first-order valence-electron chi connectivity index (χ1n) is 19.1. The number of hydrogen-bond donors (Lipinski definition) is 0. The largest absolute Gasteiger partial charge is 1.00 e. The Morgan fingerprint density at radius 3 is 0.828 bits per heavy atom. The van der Waals surface area contributed by atoms with E-state index in [9.17, 15) is 0 Å². The Bertz CT molecular complexity index is 2130. The molecule has 0 N–H and O–H groups in total. The van der Waals surface area contributed by atoms with E-state index in [4.69, 9.17) is 9.47 Å². The summed E-state index contributed by atoms with van der Waals surface area (Å²) in [5.41, 5.74) is 4.95. The van der Waals surface area contributed by atoms with Crippen molar-refractivity contribution in [2.45, 2.75) is 12.3 Å². The number of benzene rings is 8. The van der Waals surface area contributed by atoms with Crippen molar-refractivity contribution in [1.82, 2.24) is 0 Å². The van der Waals surface area contributed by atoms with Crippen LogP contribution in [0, 0.1) is 0 Å². The Hall–Kier alpha value is -4.82. The zero-order valence-electron chi connectivity index (χ0n) is 32.7. The second-order valence-electron chi connectivity index (χ2n) is 14.0. The highest BCUT2D eigenvalue weighted by molar-refractivity contribution is 7.95. The van der Waals surface area contributed by atoms with Gasteiger partial charge in [0.25, 0.3) is 0 Å². The van der Waals surface area contributed by atoms with Crippen LogP contribution >= 0.6 is 14.5 Å². The van der Waals surface area contributed by atoms with E-state index < -0.39 is 14.5 Å². The van der Waals surface area contributed by atoms with Crippen molar-refractivity contribution in [3.05, 3.63) is 230 Å². The zero-order valence-corrected chi connectivity index (χ0v) is 37.6. The Kier molecular flexibility index (Phi) is 14.6. The Morgan fingerprint density at radius 1 is 0.328 bits per heavy atom. The molecule has 0 fully saturated rings. The summed E-state index contributed by atoms with van der Waals surface area (Å²) < 4.78 is 12.0. The summed E-state index contributed by atoms with van der Waals surface area (Å²) in [6.07, 6.45) is 1.62. The molecule has 0 aromatic heterocycles. The molecule has 0 radical (unpaired) electrons. The van der Waals surface area contributed by atoms with Crippen LogP contribution in [0.1, 0.15) is 11.1 Å². The van der Waals surface area contributed by atoms with Crippen LogP contribution in [0.2, 0.25) is 0 Å². The van der Waals surface area contributed by atoms with Gasteiger partial charge in [-0.1, -0.05) is 121 Å². The molecule has 0 aliphatic carbocycles. The Labute approximate surface area is 366 Å². The molecule has 290 valence electrons. The molecule has 2 nitrogen and oxygen atoms in total. The first-order valence-corrected chi connectivity index (χ1v) is 23.0. The average molecular weight is 925 g/mol. The lowest BCUT2D eigenvalue weighted by Gasteiger charge is -2.31. The van der Waals surface area contributed by atoms with Crippen molar-refractivity contribution >= 4 is 46.4 Å². The highest BCUT2D eigenvalue weighted by atomic mass is 79.9. The molecular weight excluding hydrogens is 878 g/mol. The third-order valence-electron chi connectivity index (χ3n) is 10.9. The highest BCUT2D eigenvalue weighted by Crippen LogP contribution is 2.62. The Balaban J connectivity index is 0.00000283. The molecule has 58 heavy (non-hydrogen) atoms. The van der Waals surface area contributed by atoms with Crippen molar-refractivity contribution in [1.29, 1.82) is 0 Å². The minimum atomic E-state index is -2.28.